The Morgan fingerprint density at radius 3 is 2.47 bits per heavy atom. The second-order valence-corrected chi connectivity index (χ2v) is 2.80. The molecule has 0 fully saturated rings. The number of non-ortho nitro benzene ring substituents is 1. The van der Waals surface area contributed by atoms with Crippen molar-refractivity contribution in [2.75, 3.05) is 7.05 Å². The van der Waals surface area contributed by atoms with Crippen LogP contribution in [0.2, 0.25) is 0 Å². The van der Waals surface area contributed by atoms with E-state index in [-0.39, 0.29) is 11.6 Å². The zero-order valence-corrected chi connectivity index (χ0v) is 8.14. The lowest BCUT2D eigenvalue weighted by Crippen LogP contribution is -2.13. The van der Waals surface area contributed by atoms with Crippen LogP contribution < -0.4 is 5.32 Å². The molecular formula is C10H10N2O3. The fraction of sp³-hybridized carbons (Fsp3) is 0.100. The summed E-state index contributed by atoms with van der Waals surface area (Å²) in [6.07, 6.45) is 2.95. The number of nitrogens with zero attached hydrogens (tertiary/aromatic N) is 1. The van der Waals surface area contributed by atoms with E-state index in [1.807, 2.05) is 0 Å². The topological polar surface area (TPSA) is 72.2 Å². The molecule has 1 amide bonds. The average molecular weight is 206 g/mol. The first-order chi connectivity index (χ1) is 7.13. The highest BCUT2D eigenvalue weighted by atomic mass is 16.6. The highest BCUT2D eigenvalue weighted by molar-refractivity contribution is 5.91. The second kappa shape index (κ2) is 4.90. The molecule has 0 bridgehead atoms. The molecule has 0 unspecified atom stereocenters. The summed E-state index contributed by atoms with van der Waals surface area (Å²) in [6.45, 7) is 0. The van der Waals surface area contributed by atoms with Crippen LogP contribution in [0.4, 0.5) is 5.69 Å². The van der Waals surface area contributed by atoms with Gasteiger partial charge in [0.25, 0.3) is 5.69 Å². The van der Waals surface area contributed by atoms with E-state index < -0.39 is 4.92 Å². The van der Waals surface area contributed by atoms with E-state index in [0.717, 1.165) is 5.56 Å². The number of nitrogens with one attached hydrogen (secondary N) is 1. The van der Waals surface area contributed by atoms with E-state index in [0.29, 0.717) is 0 Å². The molecule has 1 N–H and O–H groups in total. The largest absolute Gasteiger partial charge is 0.356 e. The number of amides is 1. The summed E-state index contributed by atoms with van der Waals surface area (Å²) >= 11 is 0. The van der Waals surface area contributed by atoms with Crippen molar-refractivity contribution >= 4 is 17.7 Å². The molecule has 0 aliphatic heterocycles. The summed E-state index contributed by atoms with van der Waals surface area (Å²) in [5.74, 6) is -0.214. The second-order valence-electron chi connectivity index (χ2n) is 2.80. The number of carbonyl (C=O) groups is 1. The van der Waals surface area contributed by atoms with Gasteiger partial charge in [-0.3, -0.25) is 14.9 Å². The molecule has 0 aliphatic carbocycles. The maximum Gasteiger partial charge on any atom is 0.269 e. The minimum absolute atomic E-state index is 0.0343. The molecule has 0 heterocycles. The smallest absolute Gasteiger partial charge is 0.269 e. The Hall–Kier alpha value is -2.17. The standard InChI is InChI=1S/C10H10N2O3/c1-11-10(13)7-4-8-2-5-9(6-3-8)12(14)15/h2-7H,1H3,(H,11,13). The third-order valence-corrected chi connectivity index (χ3v) is 1.78. The van der Waals surface area contributed by atoms with Gasteiger partial charge in [-0.2, -0.15) is 0 Å². The van der Waals surface area contributed by atoms with Crippen molar-refractivity contribution in [3.8, 4) is 0 Å². The first-order valence-corrected chi connectivity index (χ1v) is 4.27. The van der Waals surface area contributed by atoms with Gasteiger partial charge in [-0.15, -0.1) is 0 Å². The number of hydrogen-bond donors (Lipinski definition) is 1. The SMILES string of the molecule is CNC(=O)C=Cc1ccc([N+](=O)[O-])cc1. The van der Waals surface area contributed by atoms with Gasteiger partial charge in [0.05, 0.1) is 4.92 Å². The third-order valence-electron chi connectivity index (χ3n) is 1.78. The summed E-state index contributed by atoms with van der Waals surface area (Å²) in [6, 6.07) is 5.95. The first-order valence-electron chi connectivity index (χ1n) is 4.27. The predicted octanol–water partition coefficient (Wildman–Crippen LogP) is 1.35. The zero-order valence-electron chi connectivity index (χ0n) is 8.14. The minimum atomic E-state index is -0.466. The van der Waals surface area contributed by atoms with Crippen molar-refractivity contribution in [3.63, 3.8) is 0 Å². The fourth-order valence-electron chi connectivity index (χ4n) is 0.962. The minimum Gasteiger partial charge on any atom is -0.356 e. The molecule has 0 radical (unpaired) electrons. The maximum atomic E-state index is 10.9. The molecule has 0 saturated carbocycles. The molecule has 15 heavy (non-hydrogen) atoms. The van der Waals surface area contributed by atoms with Crippen molar-refractivity contribution in [1.82, 2.24) is 5.32 Å². The number of likely N-dealkylation sites (N-methyl/N-ethyl adjacent to an activating group) is 1. The third kappa shape index (κ3) is 3.22. The van der Waals surface area contributed by atoms with Crippen LogP contribution in [0.1, 0.15) is 5.56 Å². The molecule has 0 atom stereocenters. The number of nitro groups is 1. The molecule has 0 aromatic heterocycles. The van der Waals surface area contributed by atoms with Crippen LogP contribution in [0.25, 0.3) is 6.08 Å². The van der Waals surface area contributed by atoms with Crippen molar-refractivity contribution in [3.05, 3.63) is 46.0 Å². The predicted molar refractivity (Wildman–Crippen MR) is 56.2 cm³/mol. The van der Waals surface area contributed by atoms with Crippen LogP contribution in [-0.2, 0) is 4.79 Å². The molecule has 1 aromatic carbocycles. The molecule has 1 aromatic rings. The van der Waals surface area contributed by atoms with Gasteiger partial charge in [0.15, 0.2) is 0 Å². The van der Waals surface area contributed by atoms with Gasteiger partial charge in [-0.25, -0.2) is 0 Å². The van der Waals surface area contributed by atoms with Gasteiger partial charge in [0, 0.05) is 25.3 Å². The van der Waals surface area contributed by atoms with Gasteiger partial charge >= 0.3 is 0 Å². The van der Waals surface area contributed by atoms with Crippen molar-refractivity contribution in [1.29, 1.82) is 0 Å². The Kier molecular flexibility index (Phi) is 3.56. The first kappa shape index (κ1) is 10.9. The lowest BCUT2D eigenvalue weighted by atomic mass is 10.2. The summed E-state index contributed by atoms with van der Waals surface area (Å²) < 4.78 is 0. The Labute approximate surface area is 86.6 Å². The van der Waals surface area contributed by atoms with Crippen LogP contribution in [-0.4, -0.2) is 17.9 Å². The number of benzene rings is 1. The van der Waals surface area contributed by atoms with Gasteiger partial charge in [-0.05, 0) is 23.8 Å². The van der Waals surface area contributed by atoms with Crippen LogP contribution in [0.15, 0.2) is 30.3 Å². The van der Waals surface area contributed by atoms with E-state index in [2.05, 4.69) is 5.32 Å². The maximum absolute atomic E-state index is 10.9. The van der Waals surface area contributed by atoms with Gasteiger partial charge in [0.2, 0.25) is 5.91 Å². The van der Waals surface area contributed by atoms with Crippen LogP contribution in [0.3, 0.4) is 0 Å². The number of carbonyl (C=O) groups excluding carboxylic acids is 1. The van der Waals surface area contributed by atoms with Crippen molar-refractivity contribution in [2.24, 2.45) is 0 Å². The van der Waals surface area contributed by atoms with Crippen molar-refractivity contribution in [2.45, 2.75) is 0 Å². The molecule has 0 spiro atoms. The monoisotopic (exact) mass is 206 g/mol. The van der Waals surface area contributed by atoms with E-state index in [4.69, 9.17) is 0 Å². The van der Waals surface area contributed by atoms with E-state index in [9.17, 15) is 14.9 Å². The lowest BCUT2D eigenvalue weighted by molar-refractivity contribution is -0.384. The summed E-state index contributed by atoms with van der Waals surface area (Å²) in [5.41, 5.74) is 0.774. The highest BCUT2D eigenvalue weighted by Gasteiger charge is 2.02. The quantitative estimate of drug-likeness (QED) is 0.461. The van der Waals surface area contributed by atoms with Crippen LogP contribution >= 0.6 is 0 Å². The molecule has 5 heteroatoms. The molecule has 0 aliphatic rings. The van der Waals surface area contributed by atoms with E-state index in [1.54, 1.807) is 18.2 Å². The van der Waals surface area contributed by atoms with Gasteiger partial charge in [-0.1, -0.05) is 0 Å². The highest BCUT2D eigenvalue weighted by Crippen LogP contribution is 2.12. The Morgan fingerprint density at radius 2 is 2.00 bits per heavy atom. The normalized spacial score (nSPS) is 10.2. The van der Waals surface area contributed by atoms with E-state index >= 15 is 0 Å². The van der Waals surface area contributed by atoms with Crippen molar-refractivity contribution < 1.29 is 9.72 Å². The zero-order chi connectivity index (χ0) is 11.3. The molecule has 5 nitrogen and oxygen atoms in total. The van der Waals surface area contributed by atoms with Crippen LogP contribution in [0.5, 0.6) is 0 Å². The lowest BCUT2D eigenvalue weighted by Gasteiger charge is -1.93. The molecule has 0 saturated heterocycles. The fourth-order valence-corrected chi connectivity index (χ4v) is 0.962. The average Bonchev–Trinajstić information content (AvgIpc) is 2.26. The molecule has 1 rings (SSSR count). The van der Waals surface area contributed by atoms with Gasteiger partial charge < -0.3 is 5.32 Å². The summed E-state index contributed by atoms with van der Waals surface area (Å²) in [5, 5.41) is 12.8. The number of hydrogen-bond acceptors (Lipinski definition) is 3. The van der Waals surface area contributed by atoms with Crippen LogP contribution in [0, 0.1) is 10.1 Å². The number of nitro benzene ring substituents is 1. The molecular weight excluding hydrogens is 196 g/mol. The Balaban J connectivity index is 2.77. The van der Waals surface area contributed by atoms with Gasteiger partial charge in [0.1, 0.15) is 0 Å². The van der Waals surface area contributed by atoms with E-state index in [1.165, 1.54) is 25.3 Å². The molecule has 78 valence electrons. The number of rotatable bonds is 3. The Bertz CT molecular complexity index is 396. The summed E-state index contributed by atoms with van der Waals surface area (Å²) in [7, 11) is 1.53. The summed E-state index contributed by atoms with van der Waals surface area (Å²) in [4.78, 5) is 20.7. The Morgan fingerprint density at radius 1 is 1.40 bits per heavy atom.